The molecule has 1 heterocycles. The summed E-state index contributed by atoms with van der Waals surface area (Å²) in [5, 5.41) is 7.76. The summed E-state index contributed by atoms with van der Waals surface area (Å²) in [6.45, 7) is 3.83. The number of rotatable bonds is 3. The number of nitrogens with zero attached hydrogens (tertiary/aromatic N) is 1. The van der Waals surface area contributed by atoms with Crippen LogP contribution in [0.15, 0.2) is 40.9 Å². The Morgan fingerprint density at radius 1 is 1.23 bits per heavy atom. The van der Waals surface area contributed by atoms with Gasteiger partial charge in [-0.1, -0.05) is 23.4 Å². The number of nitrogen functional groups attached to an aromatic ring is 1. The van der Waals surface area contributed by atoms with Crippen molar-refractivity contribution in [3.8, 4) is 0 Å². The summed E-state index contributed by atoms with van der Waals surface area (Å²) in [5.74, 6) is -0.143. The zero-order valence-electron chi connectivity index (χ0n) is 12.5. The molecule has 22 heavy (non-hydrogen) atoms. The maximum absolute atomic E-state index is 12.3. The highest BCUT2D eigenvalue weighted by Crippen LogP contribution is 2.25. The Labute approximate surface area is 128 Å². The predicted octanol–water partition coefficient (Wildman–Crippen LogP) is 3.21. The Hall–Kier alpha value is -2.82. The molecule has 0 aliphatic carbocycles. The van der Waals surface area contributed by atoms with Crippen molar-refractivity contribution in [1.29, 1.82) is 0 Å². The second kappa shape index (κ2) is 5.52. The van der Waals surface area contributed by atoms with Crippen molar-refractivity contribution in [2.75, 3.05) is 11.1 Å². The quantitative estimate of drug-likeness (QED) is 0.727. The largest absolute Gasteiger partial charge is 0.398 e. The van der Waals surface area contributed by atoms with Crippen molar-refractivity contribution in [3.05, 3.63) is 53.2 Å². The van der Waals surface area contributed by atoms with Crippen LogP contribution in [0, 0.1) is 13.8 Å². The van der Waals surface area contributed by atoms with Gasteiger partial charge in [-0.25, -0.2) is 0 Å². The van der Waals surface area contributed by atoms with Gasteiger partial charge in [0.25, 0.3) is 0 Å². The fraction of sp³-hybridized carbons (Fsp3) is 0.176. The summed E-state index contributed by atoms with van der Waals surface area (Å²) < 4.78 is 5.22. The van der Waals surface area contributed by atoms with Crippen molar-refractivity contribution in [2.24, 2.45) is 0 Å². The van der Waals surface area contributed by atoms with Crippen molar-refractivity contribution >= 4 is 28.3 Å². The second-order valence-corrected chi connectivity index (χ2v) is 5.32. The van der Waals surface area contributed by atoms with Crippen LogP contribution in [0.4, 0.5) is 11.4 Å². The number of anilines is 2. The number of hydrogen-bond acceptors (Lipinski definition) is 4. The Morgan fingerprint density at radius 3 is 2.82 bits per heavy atom. The molecular weight excluding hydrogens is 278 g/mol. The van der Waals surface area contributed by atoms with E-state index in [1.807, 2.05) is 50.2 Å². The summed E-state index contributed by atoms with van der Waals surface area (Å²) in [7, 11) is 0. The number of benzene rings is 2. The molecule has 0 bridgehead atoms. The minimum absolute atomic E-state index is 0.143. The van der Waals surface area contributed by atoms with Crippen LogP contribution in [0.2, 0.25) is 0 Å². The molecule has 0 radical (unpaired) electrons. The van der Waals surface area contributed by atoms with Crippen LogP contribution in [0.25, 0.3) is 11.0 Å². The van der Waals surface area contributed by atoms with Gasteiger partial charge in [0.15, 0.2) is 5.58 Å². The highest BCUT2D eigenvalue weighted by atomic mass is 16.5. The molecule has 3 aromatic rings. The van der Waals surface area contributed by atoms with Gasteiger partial charge >= 0.3 is 0 Å². The smallest absolute Gasteiger partial charge is 0.230 e. The van der Waals surface area contributed by atoms with Crippen LogP contribution in [-0.2, 0) is 11.2 Å². The van der Waals surface area contributed by atoms with Gasteiger partial charge in [0.2, 0.25) is 5.91 Å². The lowest BCUT2D eigenvalue weighted by Crippen LogP contribution is -2.16. The molecule has 1 amide bonds. The highest BCUT2D eigenvalue weighted by molar-refractivity contribution is 5.96. The number of carbonyl (C=O) groups excluding carboxylic acids is 1. The van der Waals surface area contributed by atoms with E-state index in [0.717, 1.165) is 22.2 Å². The SMILES string of the molecule is Cc1ccc(N)c(C)c1NC(=O)Cc1noc2ccccc12. The first-order valence-corrected chi connectivity index (χ1v) is 7.05. The molecule has 5 nitrogen and oxygen atoms in total. The lowest BCUT2D eigenvalue weighted by molar-refractivity contribution is -0.115. The summed E-state index contributed by atoms with van der Waals surface area (Å²) in [5.41, 5.74) is 10.5. The van der Waals surface area contributed by atoms with Gasteiger partial charge in [0.1, 0.15) is 5.69 Å². The number of hydrogen-bond donors (Lipinski definition) is 2. The molecule has 0 saturated heterocycles. The fourth-order valence-corrected chi connectivity index (χ4v) is 2.46. The second-order valence-electron chi connectivity index (χ2n) is 5.32. The Bertz CT molecular complexity index is 852. The number of aryl methyl sites for hydroxylation is 1. The number of para-hydroxylation sites is 1. The minimum Gasteiger partial charge on any atom is -0.398 e. The molecule has 3 N–H and O–H groups in total. The molecule has 0 fully saturated rings. The zero-order chi connectivity index (χ0) is 15.7. The van der Waals surface area contributed by atoms with E-state index in [4.69, 9.17) is 10.3 Å². The number of amides is 1. The predicted molar refractivity (Wildman–Crippen MR) is 86.7 cm³/mol. The molecule has 2 aromatic carbocycles. The highest BCUT2D eigenvalue weighted by Gasteiger charge is 2.14. The van der Waals surface area contributed by atoms with Gasteiger partial charge in [-0.3, -0.25) is 4.79 Å². The van der Waals surface area contributed by atoms with Crippen LogP contribution in [-0.4, -0.2) is 11.1 Å². The van der Waals surface area contributed by atoms with Crippen LogP contribution in [0.3, 0.4) is 0 Å². The monoisotopic (exact) mass is 295 g/mol. The maximum atomic E-state index is 12.3. The average Bonchev–Trinajstić information content (AvgIpc) is 2.91. The third-order valence-electron chi connectivity index (χ3n) is 3.76. The number of nitrogens with one attached hydrogen (secondary N) is 1. The zero-order valence-corrected chi connectivity index (χ0v) is 12.5. The van der Waals surface area contributed by atoms with Crippen LogP contribution in [0.1, 0.15) is 16.8 Å². The van der Waals surface area contributed by atoms with Gasteiger partial charge in [-0.2, -0.15) is 0 Å². The van der Waals surface area contributed by atoms with Crippen molar-refractivity contribution in [2.45, 2.75) is 20.3 Å². The lowest BCUT2D eigenvalue weighted by atomic mass is 10.1. The molecule has 3 rings (SSSR count). The van der Waals surface area contributed by atoms with Crippen molar-refractivity contribution in [3.63, 3.8) is 0 Å². The number of fused-ring (bicyclic) bond motifs is 1. The minimum atomic E-state index is -0.143. The van der Waals surface area contributed by atoms with E-state index in [9.17, 15) is 4.79 Å². The lowest BCUT2D eigenvalue weighted by Gasteiger charge is -2.13. The number of carbonyl (C=O) groups is 1. The van der Waals surface area contributed by atoms with Gasteiger partial charge < -0.3 is 15.6 Å². The first-order chi connectivity index (χ1) is 10.6. The maximum Gasteiger partial charge on any atom is 0.230 e. The van der Waals surface area contributed by atoms with Gasteiger partial charge in [0.05, 0.1) is 6.42 Å². The third-order valence-corrected chi connectivity index (χ3v) is 3.76. The number of aromatic nitrogens is 1. The van der Waals surface area contributed by atoms with E-state index >= 15 is 0 Å². The molecule has 0 saturated carbocycles. The van der Waals surface area contributed by atoms with Crippen molar-refractivity contribution < 1.29 is 9.32 Å². The normalized spacial score (nSPS) is 10.8. The van der Waals surface area contributed by atoms with Gasteiger partial charge in [-0.05, 0) is 43.2 Å². The molecular formula is C17H17N3O2. The number of nitrogens with two attached hydrogens (primary N) is 1. The van der Waals surface area contributed by atoms with Gasteiger partial charge in [0, 0.05) is 16.8 Å². The Morgan fingerprint density at radius 2 is 2.00 bits per heavy atom. The van der Waals surface area contributed by atoms with E-state index in [1.165, 1.54) is 0 Å². The molecule has 0 spiro atoms. The molecule has 112 valence electrons. The third kappa shape index (κ3) is 2.53. The summed E-state index contributed by atoms with van der Waals surface area (Å²) >= 11 is 0. The molecule has 0 aliphatic heterocycles. The molecule has 5 heteroatoms. The average molecular weight is 295 g/mol. The van der Waals surface area contributed by atoms with Crippen LogP contribution in [0.5, 0.6) is 0 Å². The van der Waals surface area contributed by atoms with Crippen LogP contribution < -0.4 is 11.1 Å². The molecule has 0 atom stereocenters. The Kier molecular flexibility index (Phi) is 3.55. The summed E-state index contributed by atoms with van der Waals surface area (Å²) in [6.07, 6.45) is 0.157. The van der Waals surface area contributed by atoms with E-state index in [1.54, 1.807) is 0 Å². The van der Waals surface area contributed by atoms with E-state index in [2.05, 4.69) is 10.5 Å². The molecule has 0 unspecified atom stereocenters. The van der Waals surface area contributed by atoms with Gasteiger partial charge in [-0.15, -0.1) is 0 Å². The van der Waals surface area contributed by atoms with Crippen LogP contribution >= 0.6 is 0 Å². The molecule has 1 aromatic heterocycles. The van der Waals surface area contributed by atoms with E-state index < -0.39 is 0 Å². The van der Waals surface area contributed by atoms with E-state index in [0.29, 0.717) is 17.0 Å². The first kappa shape index (κ1) is 14.1. The van der Waals surface area contributed by atoms with E-state index in [-0.39, 0.29) is 12.3 Å². The fourth-order valence-electron chi connectivity index (χ4n) is 2.46. The molecule has 0 aliphatic rings. The topological polar surface area (TPSA) is 81.1 Å². The van der Waals surface area contributed by atoms with Crippen molar-refractivity contribution in [1.82, 2.24) is 5.16 Å². The standard InChI is InChI=1S/C17H17N3O2/c1-10-7-8-13(18)11(2)17(10)19-16(21)9-14-12-5-3-4-6-15(12)22-20-14/h3-8H,9,18H2,1-2H3,(H,19,21). The summed E-state index contributed by atoms with van der Waals surface area (Å²) in [4.78, 5) is 12.3. The Balaban J connectivity index is 1.83. The first-order valence-electron chi connectivity index (χ1n) is 7.05. The summed E-state index contributed by atoms with van der Waals surface area (Å²) in [6, 6.07) is 11.2.